The molecule has 1 aromatic heterocycles. The zero-order valence-corrected chi connectivity index (χ0v) is 9.82. The number of nitrogens with zero attached hydrogens (tertiary/aromatic N) is 2. The maximum absolute atomic E-state index is 10.6. The second-order valence-electron chi connectivity index (χ2n) is 3.34. The molecule has 0 atom stereocenters. The predicted molar refractivity (Wildman–Crippen MR) is 61.9 cm³/mol. The minimum atomic E-state index is 0.440. The maximum atomic E-state index is 10.6. The molecule has 0 aliphatic rings. The van der Waals surface area contributed by atoms with E-state index in [1.165, 1.54) is 11.8 Å². The van der Waals surface area contributed by atoms with Crippen molar-refractivity contribution >= 4 is 18.0 Å². The van der Waals surface area contributed by atoms with Crippen molar-refractivity contribution in [3.63, 3.8) is 0 Å². The van der Waals surface area contributed by atoms with Crippen LogP contribution in [0.3, 0.4) is 0 Å². The number of hydrogen-bond acceptors (Lipinski definition) is 5. The minimum absolute atomic E-state index is 0.440. The molecule has 0 aliphatic carbocycles. The first-order valence-electron chi connectivity index (χ1n) is 4.82. The van der Waals surface area contributed by atoms with E-state index in [1.54, 1.807) is 24.5 Å². The molecule has 0 bridgehead atoms. The highest BCUT2D eigenvalue weighted by atomic mass is 32.2. The second kappa shape index (κ2) is 4.85. The van der Waals surface area contributed by atoms with E-state index in [0.29, 0.717) is 22.6 Å². The van der Waals surface area contributed by atoms with Gasteiger partial charge in [0.15, 0.2) is 0 Å². The quantitative estimate of drug-likeness (QED) is 0.776. The lowest BCUT2D eigenvalue weighted by Crippen LogP contribution is -1.86. The Labute approximate surface area is 102 Å². The smallest absolute Gasteiger partial charge is 0.260 e. The van der Waals surface area contributed by atoms with Crippen LogP contribution < -0.4 is 0 Å². The first kappa shape index (κ1) is 11.4. The summed E-state index contributed by atoms with van der Waals surface area (Å²) in [7, 11) is 0. The van der Waals surface area contributed by atoms with E-state index in [-0.39, 0.29) is 0 Å². The number of aromatic nitrogens is 1. The van der Waals surface area contributed by atoms with Crippen molar-refractivity contribution in [2.45, 2.75) is 17.0 Å². The molecule has 0 N–H and O–H groups in total. The van der Waals surface area contributed by atoms with Gasteiger partial charge in [-0.25, -0.2) is 4.98 Å². The summed E-state index contributed by atoms with van der Waals surface area (Å²) < 4.78 is 5.20. The molecule has 0 fully saturated rings. The van der Waals surface area contributed by atoms with Gasteiger partial charge >= 0.3 is 0 Å². The van der Waals surface area contributed by atoms with Gasteiger partial charge in [-0.3, -0.25) is 4.79 Å². The van der Waals surface area contributed by atoms with Crippen LogP contribution in [-0.4, -0.2) is 11.3 Å². The van der Waals surface area contributed by atoms with Crippen LogP contribution in [0.1, 0.15) is 21.6 Å². The highest BCUT2D eigenvalue weighted by molar-refractivity contribution is 7.99. The Morgan fingerprint density at radius 1 is 1.53 bits per heavy atom. The third kappa shape index (κ3) is 2.55. The predicted octanol–water partition coefficient (Wildman–Crippen LogP) is 2.82. The lowest BCUT2D eigenvalue weighted by atomic mass is 10.1. The molecule has 1 aromatic carbocycles. The molecular weight excluding hydrogens is 236 g/mol. The molecular formula is C12H8N2O2S. The van der Waals surface area contributed by atoms with Crippen LogP contribution in [0.25, 0.3) is 0 Å². The fourth-order valence-electron chi connectivity index (χ4n) is 1.27. The van der Waals surface area contributed by atoms with E-state index in [0.717, 1.165) is 10.6 Å². The van der Waals surface area contributed by atoms with Gasteiger partial charge in [-0.15, -0.1) is 0 Å². The fraction of sp³-hybridized carbons (Fsp3) is 0.0833. The summed E-state index contributed by atoms with van der Waals surface area (Å²) in [6.07, 6.45) is 2.26. The van der Waals surface area contributed by atoms with Crippen LogP contribution >= 0.6 is 11.8 Å². The van der Waals surface area contributed by atoms with E-state index in [2.05, 4.69) is 4.98 Å². The summed E-state index contributed by atoms with van der Waals surface area (Å²) in [5.74, 6) is 0. The first-order valence-corrected chi connectivity index (χ1v) is 5.64. The number of benzene rings is 1. The average Bonchev–Trinajstić information content (AvgIpc) is 2.75. The minimum Gasteiger partial charge on any atom is -0.439 e. The van der Waals surface area contributed by atoms with Crippen molar-refractivity contribution in [2.75, 3.05) is 0 Å². The van der Waals surface area contributed by atoms with Gasteiger partial charge in [-0.1, -0.05) is 6.07 Å². The van der Waals surface area contributed by atoms with Gasteiger partial charge in [-0.2, -0.15) is 5.26 Å². The zero-order valence-electron chi connectivity index (χ0n) is 9.01. The van der Waals surface area contributed by atoms with Gasteiger partial charge in [-0.05, 0) is 30.8 Å². The molecule has 17 heavy (non-hydrogen) atoms. The highest BCUT2D eigenvalue weighted by Gasteiger charge is 2.09. The molecule has 4 nitrogen and oxygen atoms in total. The Morgan fingerprint density at radius 3 is 2.94 bits per heavy atom. The Kier molecular flexibility index (Phi) is 3.26. The third-order valence-corrected chi connectivity index (χ3v) is 2.99. The molecule has 84 valence electrons. The highest BCUT2D eigenvalue weighted by Crippen LogP contribution is 2.29. The van der Waals surface area contributed by atoms with Gasteiger partial charge in [0.2, 0.25) is 0 Å². The van der Waals surface area contributed by atoms with E-state index in [1.807, 2.05) is 13.0 Å². The van der Waals surface area contributed by atoms with Crippen LogP contribution in [-0.2, 0) is 0 Å². The SMILES string of the molecule is Cc1coc(Sc2ccc(C=O)cc2C#N)n1. The topological polar surface area (TPSA) is 66.9 Å². The number of carbonyl (C=O) groups excluding carboxylic acids is 1. The summed E-state index contributed by atoms with van der Waals surface area (Å²) in [5.41, 5.74) is 1.71. The number of rotatable bonds is 3. The molecule has 0 spiro atoms. The summed E-state index contributed by atoms with van der Waals surface area (Å²) in [6.45, 7) is 1.83. The van der Waals surface area contributed by atoms with E-state index >= 15 is 0 Å². The van der Waals surface area contributed by atoms with E-state index in [4.69, 9.17) is 9.68 Å². The van der Waals surface area contributed by atoms with Crippen LogP contribution in [0.5, 0.6) is 0 Å². The van der Waals surface area contributed by atoms with E-state index in [9.17, 15) is 4.79 Å². The first-order chi connectivity index (χ1) is 8.22. The Hall–Kier alpha value is -2.06. The number of hydrogen-bond donors (Lipinski definition) is 0. The van der Waals surface area contributed by atoms with Crippen molar-refractivity contribution in [1.82, 2.24) is 4.98 Å². The van der Waals surface area contributed by atoms with E-state index < -0.39 is 0 Å². The Morgan fingerprint density at radius 2 is 2.35 bits per heavy atom. The van der Waals surface area contributed by atoms with Gasteiger partial charge in [0, 0.05) is 10.5 Å². The van der Waals surface area contributed by atoms with Gasteiger partial charge < -0.3 is 4.42 Å². The molecule has 5 heteroatoms. The molecule has 0 unspecified atom stereocenters. The Bertz CT molecular complexity index is 599. The summed E-state index contributed by atoms with van der Waals surface area (Å²) in [5, 5.41) is 9.48. The van der Waals surface area contributed by atoms with Crippen molar-refractivity contribution in [2.24, 2.45) is 0 Å². The normalized spacial score (nSPS) is 9.88. The molecule has 0 aliphatic heterocycles. The van der Waals surface area contributed by atoms with Crippen LogP contribution in [0.2, 0.25) is 0 Å². The average molecular weight is 244 g/mol. The van der Waals surface area contributed by atoms with Gasteiger partial charge in [0.05, 0.1) is 11.3 Å². The maximum Gasteiger partial charge on any atom is 0.260 e. The number of carbonyl (C=O) groups is 1. The van der Waals surface area contributed by atoms with Gasteiger partial charge in [0.25, 0.3) is 5.22 Å². The number of oxazole rings is 1. The number of aryl methyl sites for hydroxylation is 1. The molecule has 0 amide bonds. The molecule has 0 saturated heterocycles. The van der Waals surface area contributed by atoms with Crippen molar-refractivity contribution in [3.8, 4) is 6.07 Å². The monoisotopic (exact) mass is 244 g/mol. The summed E-state index contributed by atoms with van der Waals surface area (Å²) in [4.78, 5) is 15.5. The Balaban J connectivity index is 2.33. The lowest BCUT2D eigenvalue weighted by molar-refractivity contribution is 0.112. The van der Waals surface area contributed by atoms with Crippen molar-refractivity contribution in [3.05, 3.63) is 41.3 Å². The summed E-state index contributed by atoms with van der Waals surface area (Å²) in [6, 6.07) is 6.97. The van der Waals surface area contributed by atoms with Crippen molar-refractivity contribution in [1.29, 1.82) is 5.26 Å². The molecule has 1 heterocycles. The lowest BCUT2D eigenvalue weighted by Gasteiger charge is -2.00. The molecule has 2 rings (SSSR count). The molecule has 0 saturated carbocycles. The summed E-state index contributed by atoms with van der Waals surface area (Å²) >= 11 is 1.26. The third-order valence-electron chi connectivity index (χ3n) is 2.06. The number of nitriles is 1. The van der Waals surface area contributed by atoms with Gasteiger partial charge in [0.1, 0.15) is 18.6 Å². The van der Waals surface area contributed by atoms with Crippen LogP contribution in [0.15, 0.2) is 39.0 Å². The van der Waals surface area contributed by atoms with Crippen LogP contribution in [0, 0.1) is 18.3 Å². The zero-order chi connectivity index (χ0) is 12.3. The molecule has 0 radical (unpaired) electrons. The second-order valence-corrected chi connectivity index (χ2v) is 4.34. The fourth-order valence-corrected chi connectivity index (χ4v) is 2.10. The molecule has 2 aromatic rings. The number of aldehydes is 1. The standard InChI is InChI=1S/C12H8N2O2S/c1-8-7-16-12(14-8)17-11-3-2-9(6-15)4-10(11)5-13/h2-4,6-7H,1H3. The van der Waals surface area contributed by atoms with Crippen molar-refractivity contribution < 1.29 is 9.21 Å². The van der Waals surface area contributed by atoms with Crippen LogP contribution in [0.4, 0.5) is 0 Å². The largest absolute Gasteiger partial charge is 0.439 e.